The number of nitrogens with one attached hydrogen (secondary N) is 1. The van der Waals surface area contributed by atoms with Gasteiger partial charge in [-0.2, -0.15) is 0 Å². The second kappa shape index (κ2) is 6.66. The van der Waals surface area contributed by atoms with Crippen LogP contribution in [0.4, 0.5) is 11.4 Å². The summed E-state index contributed by atoms with van der Waals surface area (Å²) in [5, 5.41) is 3.33. The highest BCUT2D eigenvalue weighted by molar-refractivity contribution is 9.10. The normalized spacial score (nSPS) is 22.8. The maximum atomic E-state index is 12.5. The standard InChI is InChI=1S/C23H26BrN3O/c1-22(2)19-15-17(24)7-10-20(19)27-14-12-21(28)25-23(22,27)13-11-16-5-8-18(9-6-16)26(3)4/h5-11,13,15H,12,14H2,1-4H3,(H,25,28)/b13-11+/t23-/m0/s1. The number of hydrogen-bond donors (Lipinski definition) is 1. The molecule has 0 spiro atoms. The third-order valence-corrected chi connectivity index (χ3v) is 6.61. The Balaban J connectivity index is 1.78. The number of amides is 1. The average Bonchev–Trinajstić information content (AvgIpc) is 2.84. The maximum absolute atomic E-state index is 12.5. The lowest BCUT2D eigenvalue weighted by Gasteiger charge is -2.49. The Kier molecular flexibility index (Phi) is 4.53. The largest absolute Gasteiger partial charge is 0.378 e. The van der Waals surface area contributed by atoms with E-state index in [0.717, 1.165) is 10.0 Å². The fourth-order valence-corrected chi connectivity index (χ4v) is 4.79. The molecule has 2 heterocycles. The van der Waals surface area contributed by atoms with Gasteiger partial charge in [-0.25, -0.2) is 0 Å². The fourth-order valence-electron chi connectivity index (χ4n) is 4.43. The third kappa shape index (κ3) is 2.84. The van der Waals surface area contributed by atoms with E-state index in [4.69, 9.17) is 0 Å². The van der Waals surface area contributed by atoms with E-state index in [-0.39, 0.29) is 11.3 Å². The SMILES string of the molecule is CN(C)c1ccc(/C=C/[C@]23NC(=O)CCN2c2ccc(Br)cc2C3(C)C)cc1. The molecule has 1 atom stereocenters. The van der Waals surface area contributed by atoms with Gasteiger partial charge in [0.15, 0.2) is 0 Å². The van der Waals surface area contributed by atoms with Crippen molar-refractivity contribution < 1.29 is 4.79 Å². The molecule has 0 bridgehead atoms. The van der Waals surface area contributed by atoms with Gasteiger partial charge < -0.3 is 15.1 Å². The summed E-state index contributed by atoms with van der Waals surface area (Å²) in [5.41, 5.74) is 3.88. The van der Waals surface area contributed by atoms with Crippen LogP contribution < -0.4 is 15.1 Å². The van der Waals surface area contributed by atoms with Crippen molar-refractivity contribution in [2.75, 3.05) is 30.4 Å². The van der Waals surface area contributed by atoms with Crippen LogP contribution in [0.25, 0.3) is 6.08 Å². The van der Waals surface area contributed by atoms with Gasteiger partial charge in [0.1, 0.15) is 5.66 Å². The summed E-state index contributed by atoms with van der Waals surface area (Å²) < 4.78 is 1.06. The maximum Gasteiger partial charge on any atom is 0.223 e. The first-order chi connectivity index (χ1) is 13.2. The molecule has 0 aliphatic carbocycles. The van der Waals surface area contributed by atoms with Crippen molar-refractivity contribution in [3.8, 4) is 0 Å². The zero-order valence-corrected chi connectivity index (χ0v) is 18.4. The second-order valence-electron chi connectivity index (χ2n) is 8.32. The number of hydrogen-bond acceptors (Lipinski definition) is 3. The van der Waals surface area contributed by atoms with Crippen molar-refractivity contribution in [1.29, 1.82) is 0 Å². The van der Waals surface area contributed by atoms with Gasteiger partial charge in [-0.1, -0.05) is 48.0 Å². The van der Waals surface area contributed by atoms with Crippen LogP contribution in [0.5, 0.6) is 0 Å². The molecule has 5 heteroatoms. The highest BCUT2D eigenvalue weighted by Crippen LogP contribution is 2.53. The van der Waals surface area contributed by atoms with Crippen molar-refractivity contribution in [3.05, 3.63) is 64.1 Å². The Bertz CT molecular complexity index is 949. The number of anilines is 2. The minimum Gasteiger partial charge on any atom is -0.378 e. The van der Waals surface area contributed by atoms with Crippen molar-refractivity contribution in [2.45, 2.75) is 31.3 Å². The van der Waals surface area contributed by atoms with Crippen LogP contribution in [-0.4, -0.2) is 32.2 Å². The summed E-state index contributed by atoms with van der Waals surface area (Å²) in [6, 6.07) is 14.9. The average molecular weight is 440 g/mol. The lowest BCUT2D eigenvalue weighted by Crippen LogP contribution is -2.68. The number of halogens is 1. The molecule has 0 saturated carbocycles. The molecule has 4 nitrogen and oxygen atoms in total. The van der Waals surface area contributed by atoms with Gasteiger partial charge in [-0.3, -0.25) is 4.79 Å². The van der Waals surface area contributed by atoms with Gasteiger partial charge in [-0.05, 0) is 47.5 Å². The molecule has 4 rings (SSSR count). The van der Waals surface area contributed by atoms with Gasteiger partial charge in [0.25, 0.3) is 0 Å². The molecular weight excluding hydrogens is 414 g/mol. The smallest absolute Gasteiger partial charge is 0.223 e. The van der Waals surface area contributed by atoms with Gasteiger partial charge >= 0.3 is 0 Å². The summed E-state index contributed by atoms with van der Waals surface area (Å²) >= 11 is 3.61. The van der Waals surface area contributed by atoms with Crippen molar-refractivity contribution >= 4 is 39.3 Å². The number of carbonyl (C=O) groups excluding carboxylic acids is 1. The van der Waals surface area contributed by atoms with Crippen LogP contribution in [0, 0.1) is 0 Å². The van der Waals surface area contributed by atoms with Gasteiger partial charge in [-0.15, -0.1) is 0 Å². The summed E-state index contributed by atoms with van der Waals surface area (Å²) in [4.78, 5) is 16.9. The summed E-state index contributed by atoms with van der Waals surface area (Å²) in [6.45, 7) is 5.14. The predicted molar refractivity (Wildman–Crippen MR) is 120 cm³/mol. The Morgan fingerprint density at radius 1 is 1.14 bits per heavy atom. The molecule has 2 aromatic carbocycles. The molecule has 1 saturated heterocycles. The number of carbonyl (C=O) groups is 1. The molecule has 1 N–H and O–H groups in total. The van der Waals surface area contributed by atoms with Crippen molar-refractivity contribution in [3.63, 3.8) is 0 Å². The molecule has 2 aliphatic rings. The minimum absolute atomic E-state index is 0.101. The first-order valence-electron chi connectivity index (χ1n) is 9.60. The van der Waals surface area contributed by atoms with Crippen LogP contribution in [0.3, 0.4) is 0 Å². The van der Waals surface area contributed by atoms with Gasteiger partial charge in [0.2, 0.25) is 5.91 Å². The minimum atomic E-state index is -0.578. The number of rotatable bonds is 3. The lowest BCUT2D eigenvalue weighted by molar-refractivity contribution is -0.124. The topological polar surface area (TPSA) is 35.6 Å². The Morgan fingerprint density at radius 3 is 2.54 bits per heavy atom. The van der Waals surface area contributed by atoms with E-state index < -0.39 is 5.66 Å². The molecule has 2 aliphatic heterocycles. The molecule has 0 unspecified atom stereocenters. The molecule has 28 heavy (non-hydrogen) atoms. The van der Waals surface area contributed by atoms with E-state index in [0.29, 0.717) is 13.0 Å². The molecule has 146 valence electrons. The highest BCUT2D eigenvalue weighted by Gasteiger charge is 2.57. The van der Waals surface area contributed by atoms with E-state index in [1.54, 1.807) is 0 Å². The molecular formula is C23H26BrN3O. The monoisotopic (exact) mass is 439 g/mol. The highest BCUT2D eigenvalue weighted by atomic mass is 79.9. The van der Waals surface area contributed by atoms with Crippen LogP contribution in [-0.2, 0) is 10.2 Å². The summed E-state index contributed by atoms with van der Waals surface area (Å²) in [6.07, 6.45) is 4.81. The first-order valence-corrected chi connectivity index (χ1v) is 10.4. The van der Waals surface area contributed by atoms with Crippen LogP contribution in [0.15, 0.2) is 53.0 Å². The van der Waals surface area contributed by atoms with Crippen LogP contribution in [0.2, 0.25) is 0 Å². The quantitative estimate of drug-likeness (QED) is 0.761. The first kappa shape index (κ1) is 19.1. The Morgan fingerprint density at radius 2 is 1.86 bits per heavy atom. The Labute approximate surface area is 175 Å². The Hall–Kier alpha value is -2.27. The van der Waals surface area contributed by atoms with Gasteiger partial charge in [0, 0.05) is 48.3 Å². The van der Waals surface area contributed by atoms with Gasteiger partial charge in [0.05, 0.1) is 0 Å². The van der Waals surface area contributed by atoms with Crippen LogP contribution in [0.1, 0.15) is 31.4 Å². The van der Waals surface area contributed by atoms with Crippen molar-refractivity contribution in [1.82, 2.24) is 5.32 Å². The van der Waals surface area contributed by atoms with Crippen LogP contribution >= 0.6 is 15.9 Å². The second-order valence-corrected chi connectivity index (χ2v) is 9.24. The van der Waals surface area contributed by atoms with Crippen molar-refractivity contribution in [2.24, 2.45) is 0 Å². The van der Waals surface area contributed by atoms with E-state index >= 15 is 0 Å². The van der Waals surface area contributed by atoms with E-state index in [1.807, 2.05) is 14.1 Å². The molecule has 0 aromatic heterocycles. The molecule has 1 fully saturated rings. The zero-order chi connectivity index (χ0) is 20.1. The number of nitrogens with zero attached hydrogens (tertiary/aromatic N) is 2. The predicted octanol–water partition coefficient (Wildman–Crippen LogP) is 4.54. The summed E-state index contributed by atoms with van der Waals surface area (Å²) in [5.74, 6) is 0.101. The fraction of sp³-hybridized carbons (Fsp3) is 0.348. The summed E-state index contributed by atoms with van der Waals surface area (Å²) in [7, 11) is 4.07. The molecule has 2 aromatic rings. The molecule has 0 radical (unpaired) electrons. The third-order valence-electron chi connectivity index (χ3n) is 6.12. The van der Waals surface area contributed by atoms with E-state index in [9.17, 15) is 4.79 Å². The zero-order valence-electron chi connectivity index (χ0n) is 16.8. The van der Waals surface area contributed by atoms with E-state index in [2.05, 4.69) is 99.5 Å². The molecule has 1 amide bonds. The number of benzene rings is 2. The lowest BCUT2D eigenvalue weighted by atomic mass is 9.74. The number of fused-ring (bicyclic) bond motifs is 3. The van der Waals surface area contributed by atoms with E-state index in [1.165, 1.54) is 16.9 Å².